The number of hydrogen-bond acceptors (Lipinski definition) is 3. The summed E-state index contributed by atoms with van der Waals surface area (Å²) < 4.78 is 5.21. The first-order valence-corrected chi connectivity index (χ1v) is 4.63. The molecular weight excluding hydrogens is 178 g/mol. The molecule has 0 aliphatic heterocycles. The molecule has 0 amide bonds. The lowest BCUT2D eigenvalue weighted by atomic mass is 9.96. The number of aliphatic hydroxyl groups excluding tert-OH is 1. The number of aliphatic hydroxyl groups is 1. The first-order chi connectivity index (χ1) is 6.47. The van der Waals surface area contributed by atoms with Gasteiger partial charge in [0, 0.05) is 24.6 Å². The molecule has 1 aromatic heterocycles. The molecule has 1 rings (SSSR count). The van der Waals surface area contributed by atoms with E-state index in [0.29, 0.717) is 0 Å². The second kappa shape index (κ2) is 4.07. The molecule has 78 valence electrons. The Bertz CT molecular complexity index is 293. The predicted molar refractivity (Wildman–Crippen MR) is 55.0 cm³/mol. The predicted octanol–water partition coefficient (Wildman–Crippen LogP) is 1.85. The molecule has 1 atom stereocenters. The molecule has 0 aromatic carbocycles. The SMILES string of the molecule is COC(C)(C)C(O)c1ccc(C)nc1. The number of methoxy groups -OCH3 is 1. The van der Waals surface area contributed by atoms with Crippen LogP contribution in [-0.2, 0) is 4.74 Å². The van der Waals surface area contributed by atoms with Crippen molar-refractivity contribution in [2.75, 3.05) is 7.11 Å². The van der Waals surface area contributed by atoms with E-state index in [1.54, 1.807) is 13.3 Å². The molecule has 1 aromatic rings. The number of hydrogen-bond donors (Lipinski definition) is 1. The van der Waals surface area contributed by atoms with Gasteiger partial charge in [0.05, 0.1) is 5.60 Å². The first-order valence-electron chi connectivity index (χ1n) is 4.63. The van der Waals surface area contributed by atoms with Crippen LogP contribution in [-0.4, -0.2) is 22.8 Å². The number of aryl methyl sites for hydroxylation is 1. The maximum Gasteiger partial charge on any atom is 0.109 e. The zero-order chi connectivity index (χ0) is 10.8. The van der Waals surface area contributed by atoms with E-state index in [4.69, 9.17) is 4.74 Å². The summed E-state index contributed by atoms with van der Waals surface area (Å²) in [5.74, 6) is 0. The maximum atomic E-state index is 9.97. The average Bonchev–Trinajstić information content (AvgIpc) is 2.18. The van der Waals surface area contributed by atoms with Crippen LogP contribution < -0.4 is 0 Å². The van der Waals surface area contributed by atoms with Crippen molar-refractivity contribution >= 4 is 0 Å². The molecule has 3 nitrogen and oxygen atoms in total. The van der Waals surface area contributed by atoms with Gasteiger partial charge in [-0.05, 0) is 26.8 Å². The van der Waals surface area contributed by atoms with Gasteiger partial charge < -0.3 is 9.84 Å². The highest BCUT2D eigenvalue weighted by Gasteiger charge is 2.28. The quantitative estimate of drug-likeness (QED) is 0.800. The number of rotatable bonds is 3. The van der Waals surface area contributed by atoms with Gasteiger partial charge in [-0.2, -0.15) is 0 Å². The van der Waals surface area contributed by atoms with E-state index in [1.807, 2.05) is 32.9 Å². The van der Waals surface area contributed by atoms with Gasteiger partial charge in [0.2, 0.25) is 0 Å². The third kappa shape index (κ3) is 2.30. The van der Waals surface area contributed by atoms with Gasteiger partial charge in [-0.3, -0.25) is 4.98 Å². The lowest BCUT2D eigenvalue weighted by Gasteiger charge is -2.29. The minimum atomic E-state index is -0.652. The molecular formula is C11H17NO2. The fourth-order valence-corrected chi connectivity index (χ4v) is 1.15. The smallest absolute Gasteiger partial charge is 0.109 e. The van der Waals surface area contributed by atoms with Crippen LogP contribution in [0.1, 0.15) is 31.2 Å². The summed E-state index contributed by atoms with van der Waals surface area (Å²) in [6.45, 7) is 5.60. The second-order valence-corrected chi connectivity index (χ2v) is 3.94. The summed E-state index contributed by atoms with van der Waals surface area (Å²) in [7, 11) is 1.59. The lowest BCUT2D eigenvalue weighted by Crippen LogP contribution is -2.31. The van der Waals surface area contributed by atoms with Crippen molar-refractivity contribution in [3.63, 3.8) is 0 Å². The Labute approximate surface area is 84.7 Å². The average molecular weight is 195 g/mol. The van der Waals surface area contributed by atoms with Crippen LogP contribution in [0.3, 0.4) is 0 Å². The second-order valence-electron chi connectivity index (χ2n) is 3.94. The first kappa shape index (κ1) is 11.1. The van der Waals surface area contributed by atoms with Crippen molar-refractivity contribution < 1.29 is 9.84 Å². The molecule has 0 saturated carbocycles. The van der Waals surface area contributed by atoms with Gasteiger partial charge in [0.25, 0.3) is 0 Å². The summed E-state index contributed by atoms with van der Waals surface area (Å²) in [6.07, 6.45) is 1.03. The van der Waals surface area contributed by atoms with Crippen LogP contribution in [0, 0.1) is 6.92 Å². The number of nitrogens with zero attached hydrogens (tertiary/aromatic N) is 1. The minimum absolute atomic E-state index is 0.586. The van der Waals surface area contributed by atoms with Crippen molar-refractivity contribution in [3.05, 3.63) is 29.6 Å². The molecule has 0 aliphatic carbocycles. The normalized spacial score (nSPS) is 14.1. The number of aromatic nitrogens is 1. The molecule has 0 fully saturated rings. The van der Waals surface area contributed by atoms with Crippen molar-refractivity contribution in [1.82, 2.24) is 4.98 Å². The monoisotopic (exact) mass is 195 g/mol. The Morgan fingerprint density at radius 2 is 2.07 bits per heavy atom. The van der Waals surface area contributed by atoms with Crippen molar-refractivity contribution in [1.29, 1.82) is 0 Å². The third-order valence-corrected chi connectivity index (χ3v) is 2.43. The van der Waals surface area contributed by atoms with Crippen molar-refractivity contribution in [3.8, 4) is 0 Å². The Hall–Kier alpha value is -0.930. The Kier molecular flexibility index (Phi) is 3.24. The van der Waals surface area contributed by atoms with Crippen LogP contribution in [0.5, 0.6) is 0 Å². The van der Waals surface area contributed by atoms with Gasteiger partial charge in [0.15, 0.2) is 0 Å². The lowest BCUT2D eigenvalue weighted by molar-refractivity contribution is -0.0794. The largest absolute Gasteiger partial charge is 0.385 e. The van der Waals surface area contributed by atoms with Gasteiger partial charge >= 0.3 is 0 Å². The highest BCUT2D eigenvalue weighted by Crippen LogP contribution is 2.27. The van der Waals surface area contributed by atoms with E-state index in [2.05, 4.69) is 4.98 Å². The number of pyridine rings is 1. The molecule has 1 heterocycles. The Balaban J connectivity index is 2.89. The zero-order valence-electron chi connectivity index (χ0n) is 9.11. The van der Waals surface area contributed by atoms with E-state index in [9.17, 15) is 5.11 Å². The van der Waals surface area contributed by atoms with E-state index in [-0.39, 0.29) is 0 Å². The molecule has 0 radical (unpaired) electrons. The van der Waals surface area contributed by atoms with Gasteiger partial charge in [-0.1, -0.05) is 6.07 Å². The summed E-state index contributed by atoms with van der Waals surface area (Å²) in [6, 6.07) is 3.75. The highest BCUT2D eigenvalue weighted by atomic mass is 16.5. The Morgan fingerprint density at radius 1 is 1.43 bits per heavy atom. The molecule has 14 heavy (non-hydrogen) atoms. The molecule has 0 aliphatic rings. The fourth-order valence-electron chi connectivity index (χ4n) is 1.15. The molecule has 1 N–H and O–H groups in total. The summed E-state index contributed by atoms with van der Waals surface area (Å²) in [5, 5.41) is 9.97. The maximum absolute atomic E-state index is 9.97. The highest BCUT2D eigenvalue weighted by molar-refractivity contribution is 5.18. The summed E-state index contributed by atoms with van der Waals surface area (Å²) in [5.41, 5.74) is 1.13. The molecule has 0 spiro atoms. The zero-order valence-corrected chi connectivity index (χ0v) is 9.11. The van der Waals surface area contributed by atoms with Crippen molar-refractivity contribution in [2.24, 2.45) is 0 Å². The van der Waals surface area contributed by atoms with E-state index < -0.39 is 11.7 Å². The van der Waals surface area contributed by atoms with Crippen LogP contribution in [0.15, 0.2) is 18.3 Å². The number of ether oxygens (including phenoxy) is 1. The fraction of sp³-hybridized carbons (Fsp3) is 0.545. The van der Waals surface area contributed by atoms with Gasteiger partial charge in [-0.25, -0.2) is 0 Å². The van der Waals surface area contributed by atoms with Gasteiger partial charge in [-0.15, -0.1) is 0 Å². The minimum Gasteiger partial charge on any atom is -0.385 e. The standard InChI is InChI=1S/C11H17NO2/c1-8-5-6-9(7-12-8)10(13)11(2,3)14-4/h5-7,10,13H,1-4H3. The third-order valence-electron chi connectivity index (χ3n) is 2.43. The van der Waals surface area contributed by atoms with Crippen LogP contribution >= 0.6 is 0 Å². The summed E-state index contributed by atoms with van der Waals surface area (Å²) >= 11 is 0. The molecule has 1 unspecified atom stereocenters. The van der Waals surface area contributed by atoms with Crippen LogP contribution in [0.4, 0.5) is 0 Å². The van der Waals surface area contributed by atoms with E-state index in [1.165, 1.54) is 0 Å². The summed E-state index contributed by atoms with van der Waals surface area (Å²) in [4.78, 5) is 4.13. The van der Waals surface area contributed by atoms with E-state index >= 15 is 0 Å². The van der Waals surface area contributed by atoms with Crippen molar-refractivity contribution in [2.45, 2.75) is 32.5 Å². The molecule has 3 heteroatoms. The van der Waals surface area contributed by atoms with Crippen LogP contribution in [0.2, 0.25) is 0 Å². The Morgan fingerprint density at radius 3 is 2.50 bits per heavy atom. The van der Waals surface area contributed by atoms with Crippen LogP contribution in [0.25, 0.3) is 0 Å². The van der Waals surface area contributed by atoms with E-state index in [0.717, 1.165) is 11.3 Å². The molecule has 0 bridgehead atoms. The topological polar surface area (TPSA) is 42.4 Å². The molecule has 0 saturated heterocycles. The van der Waals surface area contributed by atoms with Gasteiger partial charge in [0.1, 0.15) is 6.10 Å².